The summed E-state index contributed by atoms with van der Waals surface area (Å²) in [5.41, 5.74) is 2.09. The summed E-state index contributed by atoms with van der Waals surface area (Å²) in [5.74, 6) is 1.47. The standard InChI is InChI=1S/C19H22ClNO2/c1-3-11-21-13-15-9-10-18(19(12-15)22-4-2)23-14-16-7-5-6-8-17(16)20/h3,5-10,12,21H,1,4,11,13-14H2,2H3. The second kappa shape index (κ2) is 9.23. The van der Waals surface area contributed by atoms with Gasteiger partial charge in [-0.05, 0) is 30.7 Å². The second-order valence-corrected chi connectivity index (χ2v) is 5.42. The van der Waals surface area contributed by atoms with Crippen molar-refractivity contribution in [3.63, 3.8) is 0 Å². The predicted molar refractivity (Wildman–Crippen MR) is 95.3 cm³/mol. The Labute approximate surface area is 142 Å². The fourth-order valence-corrected chi connectivity index (χ4v) is 2.33. The molecule has 0 heterocycles. The maximum atomic E-state index is 6.16. The molecule has 2 aromatic carbocycles. The third-order valence-corrected chi connectivity index (χ3v) is 3.64. The van der Waals surface area contributed by atoms with Gasteiger partial charge in [0.1, 0.15) is 6.61 Å². The molecule has 0 amide bonds. The maximum Gasteiger partial charge on any atom is 0.161 e. The van der Waals surface area contributed by atoms with E-state index in [-0.39, 0.29) is 0 Å². The molecule has 122 valence electrons. The predicted octanol–water partition coefficient (Wildman–Crippen LogP) is 4.59. The highest BCUT2D eigenvalue weighted by Gasteiger charge is 2.08. The van der Waals surface area contributed by atoms with Crippen LogP contribution in [0.25, 0.3) is 0 Å². The minimum atomic E-state index is 0.411. The molecule has 0 aromatic heterocycles. The number of nitrogens with one attached hydrogen (secondary N) is 1. The van der Waals surface area contributed by atoms with Crippen LogP contribution in [0.5, 0.6) is 11.5 Å². The molecular weight excluding hydrogens is 310 g/mol. The number of ether oxygens (including phenoxy) is 2. The molecule has 0 unspecified atom stereocenters. The van der Waals surface area contributed by atoms with Gasteiger partial charge < -0.3 is 14.8 Å². The lowest BCUT2D eigenvalue weighted by Crippen LogP contribution is -2.12. The largest absolute Gasteiger partial charge is 0.490 e. The van der Waals surface area contributed by atoms with Crippen molar-refractivity contribution in [2.45, 2.75) is 20.1 Å². The van der Waals surface area contributed by atoms with E-state index in [1.807, 2.05) is 55.5 Å². The van der Waals surface area contributed by atoms with Gasteiger partial charge in [-0.25, -0.2) is 0 Å². The lowest BCUT2D eigenvalue weighted by atomic mass is 10.2. The van der Waals surface area contributed by atoms with Crippen LogP contribution in [-0.4, -0.2) is 13.2 Å². The maximum absolute atomic E-state index is 6.16. The first-order valence-corrected chi connectivity index (χ1v) is 8.06. The lowest BCUT2D eigenvalue weighted by molar-refractivity contribution is 0.269. The summed E-state index contributed by atoms with van der Waals surface area (Å²) in [4.78, 5) is 0. The van der Waals surface area contributed by atoms with Crippen LogP contribution in [-0.2, 0) is 13.2 Å². The van der Waals surface area contributed by atoms with Gasteiger partial charge in [0.2, 0.25) is 0 Å². The van der Waals surface area contributed by atoms with Crippen LogP contribution in [0.4, 0.5) is 0 Å². The van der Waals surface area contributed by atoms with Gasteiger partial charge in [0.25, 0.3) is 0 Å². The van der Waals surface area contributed by atoms with Crippen molar-refractivity contribution >= 4 is 11.6 Å². The van der Waals surface area contributed by atoms with E-state index < -0.39 is 0 Å². The van der Waals surface area contributed by atoms with Crippen molar-refractivity contribution in [3.8, 4) is 11.5 Å². The molecule has 0 bridgehead atoms. The zero-order valence-corrected chi connectivity index (χ0v) is 14.1. The lowest BCUT2D eigenvalue weighted by Gasteiger charge is -2.14. The second-order valence-electron chi connectivity index (χ2n) is 5.01. The first kappa shape index (κ1) is 17.4. The molecule has 0 saturated heterocycles. The van der Waals surface area contributed by atoms with Gasteiger partial charge in [-0.3, -0.25) is 0 Å². The zero-order valence-electron chi connectivity index (χ0n) is 13.3. The van der Waals surface area contributed by atoms with Gasteiger partial charge in [-0.2, -0.15) is 0 Å². The minimum Gasteiger partial charge on any atom is -0.490 e. The Bertz CT molecular complexity index is 643. The Balaban J connectivity index is 2.07. The molecule has 2 aromatic rings. The first-order chi connectivity index (χ1) is 11.2. The van der Waals surface area contributed by atoms with E-state index in [1.165, 1.54) is 0 Å². The molecule has 0 fully saturated rings. The van der Waals surface area contributed by atoms with E-state index in [0.29, 0.717) is 18.2 Å². The Morgan fingerprint density at radius 2 is 1.96 bits per heavy atom. The fourth-order valence-electron chi connectivity index (χ4n) is 2.14. The molecule has 1 N–H and O–H groups in total. The van der Waals surface area contributed by atoms with E-state index in [1.54, 1.807) is 0 Å². The summed E-state index contributed by atoms with van der Waals surface area (Å²) in [7, 11) is 0. The molecule has 0 aliphatic carbocycles. The van der Waals surface area contributed by atoms with Crippen molar-refractivity contribution in [2.75, 3.05) is 13.2 Å². The first-order valence-electron chi connectivity index (χ1n) is 7.68. The third kappa shape index (κ3) is 5.31. The van der Waals surface area contributed by atoms with Crippen molar-refractivity contribution in [2.24, 2.45) is 0 Å². The van der Waals surface area contributed by atoms with Crippen LogP contribution < -0.4 is 14.8 Å². The molecule has 2 rings (SSSR count). The Morgan fingerprint density at radius 3 is 2.70 bits per heavy atom. The Hall–Kier alpha value is -1.97. The normalized spacial score (nSPS) is 10.3. The Morgan fingerprint density at radius 1 is 1.13 bits per heavy atom. The highest BCUT2D eigenvalue weighted by atomic mass is 35.5. The van der Waals surface area contributed by atoms with Crippen molar-refractivity contribution in [1.82, 2.24) is 5.32 Å². The van der Waals surface area contributed by atoms with Crippen LogP contribution in [0.1, 0.15) is 18.1 Å². The number of benzene rings is 2. The van der Waals surface area contributed by atoms with E-state index >= 15 is 0 Å². The number of hydrogen-bond donors (Lipinski definition) is 1. The molecule has 3 nitrogen and oxygen atoms in total. The van der Waals surface area contributed by atoms with Gasteiger partial charge in [0, 0.05) is 23.7 Å². The molecular formula is C19H22ClNO2. The van der Waals surface area contributed by atoms with Crippen molar-refractivity contribution < 1.29 is 9.47 Å². The molecule has 0 atom stereocenters. The van der Waals surface area contributed by atoms with Crippen LogP contribution in [0.3, 0.4) is 0 Å². The number of hydrogen-bond acceptors (Lipinski definition) is 3. The van der Waals surface area contributed by atoms with Crippen LogP contribution in [0.15, 0.2) is 55.1 Å². The molecule has 0 aliphatic rings. The van der Waals surface area contributed by atoms with Crippen LogP contribution in [0, 0.1) is 0 Å². The topological polar surface area (TPSA) is 30.5 Å². The van der Waals surface area contributed by atoms with Gasteiger partial charge in [0.05, 0.1) is 6.61 Å². The summed E-state index contributed by atoms with van der Waals surface area (Å²) < 4.78 is 11.6. The summed E-state index contributed by atoms with van der Waals surface area (Å²) in [6, 6.07) is 13.6. The van der Waals surface area contributed by atoms with E-state index in [0.717, 1.165) is 35.7 Å². The summed E-state index contributed by atoms with van der Waals surface area (Å²) in [5, 5.41) is 3.98. The molecule has 4 heteroatoms. The monoisotopic (exact) mass is 331 g/mol. The van der Waals surface area contributed by atoms with Gasteiger partial charge in [0.15, 0.2) is 11.5 Å². The Kier molecular flexibility index (Phi) is 6.98. The minimum absolute atomic E-state index is 0.411. The number of halogens is 1. The van der Waals surface area contributed by atoms with Crippen LogP contribution >= 0.6 is 11.6 Å². The van der Waals surface area contributed by atoms with Gasteiger partial charge in [-0.1, -0.05) is 41.9 Å². The SMILES string of the molecule is C=CCNCc1ccc(OCc2ccccc2Cl)c(OCC)c1. The van der Waals surface area contributed by atoms with Crippen LogP contribution in [0.2, 0.25) is 5.02 Å². The van der Waals surface area contributed by atoms with Gasteiger partial charge in [-0.15, -0.1) is 6.58 Å². The molecule has 0 radical (unpaired) electrons. The summed E-state index contributed by atoms with van der Waals surface area (Å²) in [6.07, 6.45) is 1.84. The average molecular weight is 332 g/mol. The van der Waals surface area contributed by atoms with E-state index in [2.05, 4.69) is 11.9 Å². The third-order valence-electron chi connectivity index (χ3n) is 3.27. The van der Waals surface area contributed by atoms with Crippen molar-refractivity contribution in [3.05, 3.63) is 71.3 Å². The summed E-state index contributed by atoms with van der Waals surface area (Å²) >= 11 is 6.16. The van der Waals surface area contributed by atoms with Crippen molar-refractivity contribution in [1.29, 1.82) is 0 Å². The van der Waals surface area contributed by atoms with E-state index in [4.69, 9.17) is 21.1 Å². The zero-order chi connectivity index (χ0) is 16.5. The number of rotatable bonds is 9. The molecule has 23 heavy (non-hydrogen) atoms. The summed E-state index contributed by atoms with van der Waals surface area (Å²) in [6.45, 7) is 8.19. The van der Waals surface area contributed by atoms with E-state index in [9.17, 15) is 0 Å². The quantitative estimate of drug-likeness (QED) is 0.538. The smallest absolute Gasteiger partial charge is 0.161 e. The molecule has 0 aliphatic heterocycles. The highest BCUT2D eigenvalue weighted by molar-refractivity contribution is 6.31. The molecule has 0 spiro atoms. The average Bonchev–Trinajstić information content (AvgIpc) is 2.56. The molecule has 0 saturated carbocycles. The fraction of sp³-hybridized carbons (Fsp3) is 0.263. The highest BCUT2D eigenvalue weighted by Crippen LogP contribution is 2.30. The van der Waals surface area contributed by atoms with Gasteiger partial charge >= 0.3 is 0 Å².